The van der Waals surface area contributed by atoms with Crippen molar-refractivity contribution in [3.05, 3.63) is 18.0 Å². The first-order chi connectivity index (χ1) is 5.04. The van der Waals surface area contributed by atoms with Gasteiger partial charge in [0.2, 0.25) is 0 Å². The van der Waals surface area contributed by atoms with E-state index in [9.17, 15) is 4.32 Å². The summed E-state index contributed by atoms with van der Waals surface area (Å²) < 4.78 is 13.1. The fourth-order valence-corrected chi connectivity index (χ4v) is 0.792. The summed E-state index contributed by atoms with van der Waals surface area (Å²) in [5.41, 5.74) is 0.889. The number of aromatic nitrogens is 2. The summed E-state index contributed by atoms with van der Waals surface area (Å²) in [6, 6.07) is 1.82. The largest absolute Gasteiger partial charge is 0.512 e. The molecule has 0 N–H and O–H groups in total. The van der Waals surface area contributed by atoms with Crippen LogP contribution >= 0.6 is 0 Å². The Morgan fingerprint density at radius 3 is 2.45 bits per heavy atom. The molecule has 4 heteroatoms. The van der Waals surface area contributed by atoms with Crippen molar-refractivity contribution in [2.75, 3.05) is 0 Å². The van der Waals surface area contributed by atoms with Crippen LogP contribution in [0.5, 0.6) is 0 Å². The molecule has 0 aromatic carbocycles. The second kappa shape index (κ2) is 2.68. The van der Waals surface area contributed by atoms with E-state index in [-0.39, 0.29) is 5.41 Å². The number of halogens is 1. The number of nitrogens with zero attached hydrogens (tertiary/aromatic N) is 2. The first kappa shape index (κ1) is 8.30. The van der Waals surface area contributed by atoms with Gasteiger partial charge < -0.3 is 4.32 Å². The van der Waals surface area contributed by atoms with Crippen molar-refractivity contribution in [1.82, 2.24) is 9.69 Å². The van der Waals surface area contributed by atoms with Crippen molar-refractivity contribution in [3.63, 3.8) is 0 Å². The Balaban J connectivity index is 2.89. The lowest BCUT2D eigenvalue weighted by Crippen LogP contribution is -2.13. The highest BCUT2D eigenvalue weighted by Gasteiger charge is 2.16. The summed E-state index contributed by atoms with van der Waals surface area (Å²) in [7, 11) is 0.440. The summed E-state index contributed by atoms with van der Waals surface area (Å²) in [5, 5.41) is 3.99. The van der Waals surface area contributed by atoms with Gasteiger partial charge in [0.15, 0.2) is 0 Å². The molecule has 1 heterocycles. The first-order valence-corrected chi connectivity index (χ1v) is 3.53. The van der Waals surface area contributed by atoms with Gasteiger partial charge in [0.1, 0.15) is 0 Å². The van der Waals surface area contributed by atoms with Gasteiger partial charge in [-0.15, -0.1) is 0 Å². The predicted molar refractivity (Wildman–Crippen MR) is 43.2 cm³/mol. The van der Waals surface area contributed by atoms with Crippen LogP contribution < -0.4 is 0 Å². The van der Waals surface area contributed by atoms with Crippen molar-refractivity contribution in [3.8, 4) is 0 Å². The van der Waals surface area contributed by atoms with Crippen LogP contribution in [0.4, 0.5) is 4.32 Å². The number of hydrogen-bond donors (Lipinski definition) is 0. The summed E-state index contributed by atoms with van der Waals surface area (Å²) in [6.45, 7) is 6.12. The molecule has 1 radical (unpaired) electrons. The summed E-state index contributed by atoms with van der Waals surface area (Å²) in [6.07, 6.45) is 1.60. The Bertz CT molecular complexity index is 239. The van der Waals surface area contributed by atoms with Crippen LogP contribution in [0.2, 0.25) is 0 Å². The molecular formula is C7H11BFN2. The lowest BCUT2D eigenvalue weighted by atomic mass is 9.93. The van der Waals surface area contributed by atoms with E-state index in [1.807, 2.05) is 26.8 Å². The molecule has 2 nitrogen and oxygen atoms in total. The predicted octanol–water partition coefficient (Wildman–Crippen LogP) is 1.53. The highest BCUT2D eigenvalue weighted by Crippen LogP contribution is 2.18. The minimum absolute atomic E-state index is 0.00569. The van der Waals surface area contributed by atoms with Gasteiger partial charge in [0.25, 0.3) is 0 Å². The van der Waals surface area contributed by atoms with Crippen LogP contribution in [0.3, 0.4) is 0 Å². The van der Waals surface area contributed by atoms with Crippen LogP contribution in [0.15, 0.2) is 12.3 Å². The van der Waals surface area contributed by atoms with Crippen LogP contribution in [0.1, 0.15) is 26.5 Å². The fourth-order valence-electron chi connectivity index (χ4n) is 0.792. The van der Waals surface area contributed by atoms with Gasteiger partial charge in [0.05, 0.1) is 5.69 Å². The van der Waals surface area contributed by atoms with Crippen molar-refractivity contribution in [2.45, 2.75) is 26.2 Å². The average molecular weight is 153 g/mol. The second-order valence-corrected chi connectivity index (χ2v) is 3.53. The molecule has 1 aromatic heterocycles. The molecule has 11 heavy (non-hydrogen) atoms. The van der Waals surface area contributed by atoms with Gasteiger partial charge in [0, 0.05) is 11.6 Å². The van der Waals surface area contributed by atoms with Gasteiger partial charge in [-0.2, -0.15) is 5.10 Å². The van der Waals surface area contributed by atoms with Crippen molar-refractivity contribution < 1.29 is 4.32 Å². The second-order valence-electron chi connectivity index (χ2n) is 3.53. The molecule has 0 bridgehead atoms. The molecule has 0 aliphatic heterocycles. The van der Waals surface area contributed by atoms with Gasteiger partial charge in [-0.1, -0.05) is 20.8 Å². The zero-order valence-electron chi connectivity index (χ0n) is 7.00. The van der Waals surface area contributed by atoms with E-state index >= 15 is 0 Å². The molecule has 0 spiro atoms. The topological polar surface area (TPSA) is 17.8 Å². The Morgan fingerprint density at radius 2 is 2.18 bits per heavy atom. The van der Waals surface area contributed by atoms with Crippen molar-refractivity contribution in [1.29, 1.82) is 0 Å². The van der Waals surface area contributed by atoms with Crippen LogP contribution in [-0.4, -0.2) is 17.4 Å². The van der Waals surface area contributed by atoms with Crippen molar-refractivity contribution >= 4 is 7.69 Å². The Labute approximate surface area is 66.7 Å². The van der Waals surface area contributed by atoms with Gasteiger partial charge in [-0.3, -0.25) is 4.59 Å². The quantitative estimate of drug-likeness (QED) is 0.559. The molecular weight excluding hydrogens is 142 g/mol. The van der Waals surface area contributed by atoms with Crippen LogP contribution in [0, 0.1) is 0 Å². The molecule has 1 aromatic rings. The summed E-state index contributed by atoms with van der Waals surface area (Å²) >= 11 is 0. The maximum absolute atomic E-state index is 11.9. The molecule has 0 unspecified atom stereocenters. The SMILES string of the molecule is CC(C)(C)c1ccn([B]F)n1. The third kappa shape index (κ3) is 1.82. The van der Waals surface area contributed by atoms with E-state index in [4.69, 9.17) is 0 Å². The molecule has 59 valence electrons. The minimum atomic E-state index is -0.00569. The molecule has 0 aliphatic rings. The Morgan fingerprint density at radius 1 is 1.55 bits per heavy atom. The molecule has 1 rings (SSSR count). The first-order valence-electron chi connectivity index (χ1n) is 3.53. The van der Waals surface area contributed by atoms with E-state index in [1.165, 1.54) is 4.59 Å². The zero-order valence-corrected chi connectivity index (χ0v) is 7.00. The number of rotatable bonds is 1. The Kier molecular flexibility index (Phi) is 2.02. The highest BCUT2D eigenvalue weighted by atomic mass is 19.1. The zero-order chi connectivity index (χ0) is 8.48. The molecule has 0 amide bonds. The van der Waals surface area contributed by atoms with Gasteiger partial charge >= 0.3 is 7.69 Å². The molecule has 0 atom stereocenters. The van der Waals surface area contributed by atoms with E-state index in [0.717, 1.165) is 5.69 Å². The smallest absolute Gasteiger partial charge is 0.304 e. The molecule has 0 saturated carbocycles. The van der Waals surface area contributed by atoms with E-state index < -0.39 is 0 Å². The summed E-state index contributed by atoms with van der Waals surface area (Å²) in [4.78, 5) is 0. The third-order valence-electron chi connectivity index (χ3n) is 1.48. The Hall–Kier alpha value is -0.795. The summed E-state index contributed by atoms with van der Waals surface area (Å²) in [5.74, 6) is 0. The average Bonchev–Trinajstić information content (AvgIpc) is 2.32. The third-order valence-corrected chi connectivity index (χ3v) is 1.48. The standard InChI is InChI=1S/C7H11BFN2/c1-7(2,3)6-4-5-11(8-9)10-6/h4-5H,1-3H3. The van der Waals surface area contributed by atoms with Crippen molar-refractivity contribution in [2.24, 2.45) is 0 Å². The maximum Gasteiger partial charge on any atom is 0.512 e. The van der Waals surface area contributed by atoms with Crippen LogP contribution in [0.25, 0.3) is 0 Å². The lowest BCUT2D eigenvalue weighted by Gasteiger charge is -2.13. The lowest BCUT2D eigenvalue weighted by molar-refractivity contribution is 0.562. The van der Waals surface area contributed by atoms with Crippen LogP contribution in [-0.2, 0) is 5.41 Å². The molecule has 0 saturated heterocycles. The van der Waals surface area contributed by atoms with Gasteiger partial charge in [-0.05, 0) is 6.07 Å². The molecule has 0 aliphatic carbocycles. The fraction of sp³-hybridized carbons (Fsp3) is 0.571. The molecule has 0 fully saturated rings. The van der Waals surface area contributed by atoms with E-state index in [2.05, 4.69) is 5.10 Å². The monoisotopic (exact) mass is 153 g/mol. The normalized spacial score (nSPS) is 11.6. The van der Waals surface area contributed by atoms with E-state index in [0.29, 0.717) is 7.69 Å². The highest BCUT2D eigenvalue weighted by molar-refractivity contribution is 6.23. The number of hydrogen-bond acceptors (Lipinski definition) is 1. The van der Waals surface area contributed by atoms with E-state index in [1.54, 1.807) is 6.20 Å². The minimum Gasteiger partial charge on any atom is -0.304 e. The maximum atomic E-state index is 11.9. The van der Waals surface area contributed by atoms with Gasteiger partial charge in [-0.25, -0.2) is 0 Å².